The Balaban J connectivity index is 0.00000120. The van der Waals surface area contributed by atoms with Gasteiger partial charge in [-0.3, -0.25) is 4.98 Å². The summed E-state index contributed by atoms with van der Waals surface area (Å²) >= 11 is 3.50. The summed E-state index contributed by atoms with van der Waals surface area (Å²) in [4.78, 5) is 4.01. The summed E-state index contributed by atoms with van der Waals surface area (Å²) in [5.41, 5.74) is 7.22. The maximum atomic E-state index is 4.01. The van der Waals surface area contributed by atoms with Gasteiger partial charge in [-0.15, -0.1) is 12.4 Å². The Labute approximate surface area is 121 Å². The lowest BCUT2D eigenvalue weighted by molar-refractivity contribution is 0.347. The zero-order chi connectivity index (χ0) is 11.7. The van der Waals surface area contributed by atoms with E-state index in [9.17, 15) is 0 Å². The van der Waals surface area contributed by atoms with Crippen LogP contribution in [0.3, 0.4) is 0 Å². The Morgan fingerprint density at radius 3 is 2.56 bits per heavy atom. The van der Waals surface area contributed by atoms with Crippen LogP contribution in [0, 0.1) is 0 Å². The van der Waals surface area contributed by atoms with Crippen LogP contribution in [0.1, 0.15) is 11.1 Å². The van der Waals surface area contributed by atoms with E-state index in [2.05, 4.69) is 49.5 Å². The summed E-state index contributed by atoms with van der Waals surface area (Å²) in [5.74, 6) is 0. The minimum absolute atomic E-state index is 0. The molecule has 0 spiro atoms. The second kappa shape index (κ2) is 5.69. The Morgan fingerprint density at radius 1 is 1.06 bits per heavy atom. The highest BCUT2D eigenvalue weighted by molar-refractivity contribution is 9.10. The molecule has 0 unspecified atom stereocenters. The van der Waals surface area contributed by atoms with Gasteiger partial charge in [0.05, 0.1) is 5.69 Å². The van der Waals surface area contributed by atoms with Crippen molar-refractivity contribution in [1.82, 2.24) is 9.99 Å². The first-order valence-corrected chi connectivity index (χ1v) is 6.29. The van der Waals surface area contributed by atoms with Gasteiger partial charge >= 0.3 is 0 Å². The maximum Gasteiger partial charge on any atom is 0.0520 e. The van der Waals surface area contributed by atoms with Crippen LogP contribution in [0.5, 0.6) is 0 Å². The molecule has 0 fully saturated rings. The number of aromatic nitrogens is 1. The molecule has 3 rings (SSSR count). The predicted molar refractivity (Wildman–Crippen MR) is 78.5 cm³/mol. The van der Waals surface area contributed by atoms with Crippen LogP contribution in [0.25, 0.3) is 0 Å². The molecule has 1 aromatic carbocycles. The third kappa shape index (κ3) is 2.83. The third-order valence-electron chi connectivity index (χ3n) is 2.86. The molecule has 94 valence electrons. The van der Waals surface area contributed by atoms with Gasteiger partial charge in [0.2, 0.25) is 0 Å². The number of pyridine rings is 1. The highest BCUT2D eigenvalue weighted by atomic mass is 79.9. The molecule has 0 aliphatic carbocycles. The van der Waals surface area contributed by atoms with E-state index < -0.39 is 0 Å². The molecule has 0 atom stereocenters. The van der Waals surface area contributed by atoms with Gasteiger partial charge in [0.1, 0.15) is 0 Å². The number of nitrogens with zero attached hydrogens (tertiary/aromatic N) is 2. The summed E-state index contributed by atoms with van der Waals surface area (Å²) in [7, 11) is 0. The van der Waals surface area contributed by atoms with E-state index in [0.717, 1.165) is 23.2 Å². The number of hydrazine groups is 1. The fourth-order valence-corrected chi connectivity index (χ4v) is 2.46. The fourth-order valence-electron chi connectivity index (χ4n) is 2.05. The number of hydrogen-bond donors (Lipinski definition) is 1. The minimum Gasteiger partial charge on any atom is -0.318 e. The lowest BCUT2D eigenvalue weighted by Gasteiger charge is -2.17. The number of halogens is 2. The van der Waals surface area contributed by atoms with Crippen LogP contribution in [0.2, 0.25) is 0 Å². The molecule has 2 heterocycles. The average molecular weight is 327 g/mol. The van der Waals surface area contributed by atoms with E-state index in [1.54, 1.807) is 12.4 Å². The molecule has 18 heavy (non-hydrogen) atoms. The van der Waals surface area contributed by atoms with E-state index in [0.29, 0.717) is 0 Å². The Morgan fingerprint density at radius 2 is 1.78 bits per heavy atom. The summed E-state index contributed by atoms with van der Waals surface area (Å²) in [6, 6.07) is 10.4. The lowest BCUT2D eigenvalue weighted by Crippen LogP contribution is -2.23. The normalized spacial score (nSPS) is 13.8. The monoisotopic (exact) mass is 325 g/mol. The summed E-state index contributed by atoms with van der Waals surface area (Å²) in [5, 5.41) is 2.20. The molecule has 0 saturated carbocycles. The smallest absolute Gasteiger partial charge is 0.0520 e. The molecular formula is C13H13BrClN3. The second-order valence-corrected chi connectivity index (χ2v) is 5.03. The standard InChI is InChI=1S/C13H12BrN3.ClH/c14-12-2-1-10-8-17(9-11(10)7-12)16-13-3-5-15-6-4-13;/h1-7H,8-9H2,(H,15,16);1H. The van der Waals surface area contributed by atoms with Crippen LogP contribution in [-0.2, 0) is 13.1 Å². The zero-order valence-electron chi connectivity index (χ0n) is 9.64. The molecular weight excluding hydrogens is 314 g/mol. The Hall–Kier alpha value is -1.10. The molecule has 0 bridgehead atoms. The van der Waals surface area contributed by atoms with Crippen molar-refractivity contribution < 1.29 is 0 Å². The Kier molecular flexibility index (Phi) is 4.22. The van der Waals surface area contributed by atoms with Gasteiger partial charge in [0.25, 0.3) is 0 Å². The van der Waals surface area contributed by atoms with E-state index in [1.807, 2.05) is 12.1 Å². The van der Waals surface area contributed by atoms with Crippen molar-refractivity contribution >= 4 is 34.0 Å². The van der Waals surface area contributed by atoms with E-state index >= 15 is 0 Å². The molecule has 5 heteroatoms. The maximum absolute atomic E-state index is 4.01. The summed E-state index contributed by atoms with van der Waals surface area (Å²) < 4.78 is 1.14. The largest absolute Gasteiger partial charge is 0.318 e. The van der Waals surface area contributed by atoms with Crippen LogP contribution in [-0.4, -0.2) is 9.99 Å². The minimum atomic E-state index is 0. The lowest BCUT2D eigenvalue weighted by atomic mass is 10.1. The van der Waals surface area contributed by atoms with Crippen LogP contribution in [0.4, 0.5) is 5.69 Å². The topological polar surface area (TPSA) is 28.2 Å². The van der Waals surface area contributed by atoms with Crippen LogP contribution in [0.15, 0.2) is 47.2 Å². The molecule has 0 radical (unpaired) electrons. The van der Waals surface area contributed by atoms with E-state index in [4.69, 9.17) is 0 Å². The highest BCUT2D eigenvalue weighted by Crippen LogP contribution is 2.26. The van der Waals surface area contributed by atoms with Crippen molar-refractivity contribution in [3.8, 4) is 0 Å². The number of rotatable bonds is 2. The van der Waals surface area contributed by atoms with E-state index in [1.165, 1.54) is 11.1 Å². The molecule has 1 aromatic heterocycles. The third-order valence-corrected chi connectivity index (χ3v) is 3.35. The highest BCUT2D eigenvalue weighted by Gasteiger charge is 2.18. The molecule has 0 amide bonds. The number of hydrogen-bond acceptors (Lipinski definition) is 3. The van der Waals surface area contributed by atoms with Gasteiger partial charge in [-0.1, -0.05) is 22.0 Å². The predicted octanol–water partition coefficient (Wildman–Crippen LogP) is 3.61. The van der Waals surface area contributed by atoms with Crippen molar-refractivity contribution in [3.05, 3.63) is 58.3 Å². The summed E-state index contributed by atoms with van der Waals surface area (Å²) in [6.07, 6.45) is 3.59. The fraction of sp³-hybridized carbons (Fsp3) is 0.154. The molecule has 3 nitrogen and oxygen atoms in total. The van der Waals surface area contributed by atoms with Crippen molar-refractivity contribution in [2.45, 2.75) is 13.1 Å². The molecule has 1 aliphatic rings. The van der Waals surface area contributed by atoms with Gasteiger partial charge < -0.3 is 5.43 Å². The van der Waals surface area contributed by atoms with Gasteiger partial charge in [0.15, 0.2) is 0 Å². The molecule has 2 aromatic rings. The SMILES string of the molecule is Brc1ccc2c(c1)CN(Nc1ccncc1)C2.Cl. The van der Waals surface area contributed by atoms with Crippen molar-refractivity contribution in [3.63, 3.8) is 0 Å². The van der Waals surface area contributed by atoms with Crippen LogP contribution < -0.4 is 5.43 Å². The molecule has 0 saturated heterocycles. The van der Waals surface area contributed by atoms with Gasteiger partial charge in [-0.25, -0.2) is 5.01 Å². The quantitative estimate of drug-likeness (QED) is 0.914. The van der Waals surface area contributed by atoms with Gasteiger partial charge in [-0.2, -0.15) is 0 Å². The number of fused-ring (bicyclic) bond motifs is 1. The first kappa shape index (κ1) is 13.3. The van der Waals surface area contributed by atoms with Crippen molar-refractivity contribution in [2.75, 3.05) is 5.43 Å². The van der Waals surface area contributed by atoms with Gasteiger partial charge in [-0.05, 0) is 35.4 Å². The zero-order valence-corrected chi connectivity index (χ0v) is 12.0. The first-order chi connectivity index (χ1) is 8.31. The first-order valence-electron chi connectivity index (χ1n) is 5.50. The number of benzene rings is 1. The van der Waals surface area contributed by atoms with Crippen molar-refractivity contribution in [2.24, 2.45) is 0 Å². The van der Waals surface area contributed by atoms with E-state index in [-0.39, 0.29) is 12.4 Å². The average Bonchev–Trinajstić information content (AvgIpc) is 2.71. The second-order valence-electron chi connectivity index (χ2n) is 4.12. The summed E-state index contributed by atoms with van der Waals surface area (Å²) in [6.45, 7) is 1.86. The van der Waals surface area contributed by atoms with Gasteiger partial charge in [0, 0.05) is 30.0 Å². The number of nitrogens with one attached hydrogen (secondary N) is 1. The Bertz CT molecular complexity index is 533. The van der Waals surface area contributed by atoms with Crippen LogP contribution >= 0.6 is 28.3 Å². The molecule has 1 N–H and O–H groups in total. The van der Waals surface area contributed by atoms with Crippen molar-refractivity contribution in [1.29, 1.82) is 0 Å². The number of anilines is 1. The molecule has 1 aliphatic heterocycles.